The molecule has 0 bridgehead atoms. The molecule has 0 N–H and O–H groups in total. The summed E-state index contributed by atoms with van der Waals surface area (Å²) in [4.78, 5) is 16.2. The SMILES string of the molecule is Cc1nc(Cn2ccc(=O)c3ccccc32)cs1. The highest BCUT2D eigenvalue weighted by Crippen LogP contribution is 2.13. The van der Waals surface area contributed by atoms with Crippen molar-refractivity contribution in [2.24, 2.45) is 0 Å². The molecular weight excluding hydrogens is 244 g/mol. The number of aromatic nitrogens is 2. The van der Waals surface area contributed by atoms with E-state index in [1.165, 1.54) is 0 Å². The Morgan fingerprint density at radius 1 is 1.28 bits per heavy atom. The van der Waals surface area contributed by atoms with Crippen molar-refractivity contribution < 1.29 is 0 Å². The van der Waals surface area contributed by atoms with Crippen molar-refractivity contribution in [3.8, 4) is 0 Å². The molecule has 3 rings (SSSR count). The van der Waals surface area contributed by atoms with Gasteiger partial charge in [0.05, 0.1) is 22.8 Å². The minimum atomic E-state index is 0.0660. The fraction of sp³-hybridized carbons (Fsp3) is 0.143. The molecule has 0 atom stereocenters. The van der Waals surface area contributed by atoms with Gasteiger partial charge in [-0.05, 0) is 19.1 Å². The largest absolute Gasteiger partial charge is 0.341 e. The van der Waals surface area contributed by atoms with Crippen LogP contribution in [-0.2, 0) is 6.54 Å². The second-order valence-corrected chi connectivity index (χ2v) is 5.25. The number of para-hydroxylation sites is 1. The number of pyridine rings is 1. The number of thiazole rings is 1. The van der Waals surface area contributed by atoms with Crippen molar-refractivity contribution in [1.29, 1.82) is 0 Å². The maximum atomic E-state index is 11.8. The van der Waals surface area contributed by atoms with Crippen LogP contribution >= 0.6 is 11.3 Å². The summed E-state index contributed by atoms with van der Waals surface area (Å²) in [6.07, 6.45) is 1.83. The highest BCUT2D eigenvalue weighted by atomic mass is 32.1. The van der Waals surface area contributed by atoms with Crippen LogP contribution in [0.3, 0.4) is 0 Å². The fourth-order valence-electron chi connectivity index (χ4n) is 2.05. The summed E-state index contributed by atoms with van der Waals surface area (Å²) in [7, 11) is 0. The Bertz CT molecular complexity index is 758. The molecule has 4 heteroatoms. The molecule has 0 fully saturated rings. The van der Waals surface area contributed by atoms with Gasteiger partial charge in [-0.25, -0.2) is 4.98 Å². The van der Waals surface area contributed by atoms with E-state index in [4.69, 9.17) is 0 Å². The number of benzene rings is 1. The Labute approximate surface area is 108 Å². The highest BCUT2D eigenvalue weighted by molar-refractivity contribution is 7.09. The maximum absolute atomic E-state index is 11.8. The van der Waals surface area contributed by atoms with Gasteiger partial charge in [0.1, 0.15) is 0 Å². The fourth-order valence-corrected chi connectivity index (χ4v) is 2.66. The molecule has 3 nitrogen and oxygen atoms in total. The van der Waals surface area contributed by atoms with Gasteiger partial charge in [-0.3, -0.25) is 4.79 Å². The van der Waals surface area contributed by atoms with Gasteiger partial charge in [0, 0.05) is 23.0 Å². The molecule has 0 saturated carbocycles. The number of rotatable bonds is 2. The predicted molar refractivity (Wildman–Crippen MR) is 74.2 cm³/mol. The first-order valence-electron chi connectivity index (χ1n) is 5.73. The average molecular weight is 256 g/mol. The molecule has 2 heterocycles. The summed E-state index contributed by atoms with van der Waals surface area (Å²) in [5.41, 5.74) is 2.05. The van der Waals surface area contributed by atoms with Crippen molar-refractivity contribution in [2.45, 2.75) is 13.5 Å². The molecule has 0 radical (unpaired) electrons. The zero-order valence-electron chi connectivity index (χ0n) is 9.96. The number of nitrogens with zero attached hydrogens (tertiary/aromatic N) is 2. The Hall–Kier alpha value is -1.94. The van der Waals surface area contributed by atoms with Gasteiger partial charge in [0.25, 0.3) is 0 Å². The summed E-state index contributed by atoms with van der Waals surface area (Å²) in [6.45, 7) is 2.70. The van der Waals surface area contributed by atoms with E-state index in [1.54, 1.807) is 17.4 Å². The van der Waals surface area contributed by atoms with Crippen LogP contribution < -0.4 is 5.43 Å². The Morgan fingerprint density at radius 3 is 2.89 bits per heavy atom. The highest BCUT2D eigenvalue weighted by Gasteiger charge is 2.04. The van der Waals surface area contributed by atoms with Crippen LogP contribution in [0.1, 0.15) is 10.7 Å². The molecule has 0 aliphatic carbocycles. The van der Waals surface area contributed by atoms with Gasteiger partial charge >= 0.3 is 0 Å². The van der Waals surface area contributed by atoms with Crippen LogP contribution in [0.15, 0.2) is 46.7 Å². The predicted octanol–water partition coefficient (Wildman–Crippen LogP) is 2.81. The zero-order chi connectivity index (χ0) is 12.5. The van der Waals surface area contributed by atoms with Crippen LogP contribution in [-0.4, -0.2) is 9.55 Å². The monoisotopic (exact) mass is 256 g/mol. The van der Waals surface area contributed by atoms with E-state index in [0.29, 0.717) is 6.54 Å². The summed E-state index contributed by atoms with van der Waals surface area (Å²) < 4.78 is 2.06. The van der Waals surface area contributed by atoms with Crippen molar-refractivity contribution in [3.05, 3.63) is 62.8 Å². The smallest absolute Gasteiger partial charge is 0.189 e. The second kappa shape index (κ2) is 4.38. The topological polar surface area (TPSA) is 34.9 Å². The third-order valence-electron chi connectivity index (χ3n) is 2.88. The molecule has 90 valence electrons. The number of hydrogen-bond donors (Lipinski definition) is 0. The van der Waals surface area contributed by atoms with Gasteiger partial charge in [-0.15, -0.1) is 11.3 Å². The minimum absolute atomic E-state index is 0.0660. The Kier molecular flexibility index (Phi) is 2.72. The Morgan fingerprint density at radius 2 is 2.11 bits per heavy atom. The van der Waals surface area contributed by atoms with E-state index < -0.39 is 0 Å². The van der Waals surface area contributed by atoms with Gasteiger partial charge in [-0.2, -0.15) is 0 Å². The first kappa shape index (κ1) is 11.2. The van der Waals surface area contributed by atoms with Crippen LogP contribution in [0.5, 0.6) is 0 Å². The third-order valence-corrected chi connectivity index (χ3v) is 3.71. The van der Waals surface area contributed by atoms with Crippen LogP contribution in [0.4, 0.5) is 0 Å². The van der Waals surface area contributed by atoms with Crippen molar-refractivity contribution in [1.82, 2.24) is 9.55 Å². The van der Waals surface area contributed by atoms with Gasteiger partial charge in [0.2, 0.25) is 0 Å². The lowest BCUT2D eigenvalue weighted by Crippen LogP contribution is -2.08. The van der Waals surface area contributed by atoms with E-state index in [-0.39, 0.29) is 5.43 Å². The molecule has 0 aliphatic heterocycles. The lowest BCUT2D eigenvalue weighted by Gasteiger charge is -2.08. The maximum Gasteiger partial charge on any atom is 0.189 e. The van der Waals surface area contributed by atoms with Crippen LogP contribution in [0, 0.1) is 6.92 Å². The molecule has 0 spiro atoms. The van der Waals surface area contributed by atoms with Crippen molar-refractivity contribution >= 4 is 22.2 Å². The van der Waals surface area contributed by atoms with E-state index >= 15 is 0 Å². The minimum Gasteiger partial charge on any atom is -0.341 e. The molecule has 18 heavy (non-hydrogen) atoms. The zero-order valence-corrected chi connectivity index (χ0v) is 10.8. The molecule has 1 aromatic carbocycles. The van der Waals surface area contributed by atoms with E-state index in [9.17, 15) is 4.79 Å². The van der Waals surface area contributed by atoms with E-state index in [2.05, 4.69) is 14.9 Å². The first-order chi connectivity index (χ1) is 8.74. The van der Waals surface area contributed by atoms with Gasteiger partial charge < -0.3 is 4.57 Å². The molecule has 2 aromatic heterocycles. The molecule has 3 aromatic rings. The molecular formula is C14H12N2OS. The van der Waals surface area contributed by atoms with Gasteiger partial charge in [-0.1, -0.05) is 12.1 Å². The van der Waals surface area contributed by atoms with Gasteiger partial charge in [0.15, 0.2) is 5.43 Å². The lowest BCUT2D eigenvalue weighted by molar-refractivity contribution is 0.802. The van der Waals surface area contributed by atoms with Crippen molar-refractivity contribution in [3.63, 3.8) is 0 Å². The lowest BCUT2D eigenvalue weighted by atomic mass is 10.2. The summed E-state index contributed by atoms with van der Waals surface area (Å²) in [6, 6.07) is 9.28. The summed E-state index contributed by atoms with van der Waals surface area (Å²) >= 11 is 1.65. The Balaban J connectivity index is 2.12. The quantitative estimate of drug-likeness (QED) is 0.706. The van der Waals surface area contributed by atoms with Crippen LogP contribution in [0.2, 0.25) is 0 Å². The summed E-state index contributed by atoms with van der Waals surface area (Å²) in [5.74, 6) is 0. The number of hydrogen-bond acceptors (Lipinski definition) is 3. The van der Waals surface area contributed by atoms with E-state index in [1.807, 2.05) is 37.4 Å². The molecule has 0 amide bonds. The molecule has 0 saturated heterocycles. The number of aryl methyl sites for hydroxylation is 1. The summed E-state index contributed by atoms with van der Waals surface area (Å²) in [5, 5.41) is 3.88. The first-order valence-corrected chi connectivity index (χ1v) is 6.61. The van der Waals surface area contributed by atoms with Crippen molar-refractivity contribution in [2.75, 3.05) is 0 Å². The number of fused-ring (bicyclic) bond motifs is 1. The molecule has 0 aliphatic rings. The second-order valence-electron chi connectivity index (χ2n) is 4.18. The standard InChI is InChI=1S/C14H12N2OS/c1-10-15-11(9-18-10)8-16-7-6-14(17)12-4-2-3-5-13(12)16/h2-7,9H,8H2,1H3. The van der Waals surface area contributed by atoms with Crippen LogP contribution in [0.25, 0.3) is 10.9 Å². The third kappa shape index (κ3) is 1.95. The normalized spacial score (nSPS) is 10.9. The average Bonchev–Trinajstić information content (AvgIpc) is 2.79. The molecule has 0 unspecified atom stereocenters. The van der Waals surface area contributed by atoms with E-state index in [0.717, 1.165) is 21.6 Å².